The van der Waals surface area contributed by atoms with Gasteiger partial charge < -0.3 is 9.64 Å². The molecule has 1 atom stereocenters. The van der Waals surface area contributed by atoms with E-state index in [1.807, 2.05) is 0 Å². The Bertz CT molecular complexity index is 143. The molecule has 3 nitrogen and oxygen atoms in total. The second-order valence-corrected chi connectivity index (χ2v) is 3.88. The van der Waals surface area contributed by atoms with Gasteiger partial charge in [-0.15, -0.1) is 0 Å². The van der Waals surface area contributed by atoms with Crippen LogP contribution < -0.4 is 5.32 Å². The van der Waals surface area contributed by atoms with Crippen molar-refractivity contribution in [3.8, 4) is 0 Å². The van der Waals surface area contributed by atoms with Crippen LogP contribution in [0.5, 0.6) is 0 Å². The van der Waals surface area contributed by atoms with Crippen LogP contribution in [0.4, 0.5) is 0 Å². The number of rotatable bonds is 3. The minimum atomic E-state index is 0.687. The van der Waals surface area contributed by atoms with Crippen LogP contribution in [-0.4, -0.2) is 44.4 Å². The second kappa shape index (κ2) is 3.73. The molecule has 3 fully saturated rings. The zero-order chi connectivity index (χ0) is 8.39. The van der Waals surface area contributed by atoms with Gasteiger partial charge in [0.1, 0.15) is 0 Å². The molecule has 3 aliphatic rings. The van der Waals surface area contributed by atoms with Gasteiger partial charge in [-0.3, -0.25) is 5.32 Å². The monoisotopic (exact) mass is 170 g/mol. The SMILES string of the molecule is COCNC1CN2CCC1CC2. The van der Waals surface area contributed by atoms with Gasteiger partial charge in [-0.2, -0.15) is 0 Å². The molecule has 12 heavy (non-hydrogen) atoms. The average Bonchev–Trinajstić information content (AvgIpc) is 2.17. The van der Waals surface area contributed by atoms with Crippen LogP contribution in [0.3, 0.4) is 0 Å². The standard InChI is InChI=1S/C9H18N2O/c1-12-7-10-9-6-11-4-2-8(9)3-5-11/h8-10H,2-7H2,1H3. The van der Waals surface area contributed by atoms with Crippen LogP contribution in [0, 0.1) is 5.92 Å². The molecule has 0 radical (unpaired) electrons. The van der Waals surface area contributed by atoms with Crippen molar-refractivity contribution in [1.29, 1.82) is 0 Å². The van der Waals surface area contributed by atoms with Gasteiger partial charge in [0.2, 0.25) is 0 Å². The van der Waals surface area contributed by atoms with Crippen molar-refractivity contribution in [2.75, 3.05) is 33.5 Å². The van der Waals surface area contributed by atoms with Gasteiger partial charge in [0.05, 0.1) is 6.73 Å². The molecule has 3 saturated heterocycles. The van der Waals surface area contributed by atoms with Crippen molar-refractivity contribution >= 4 is 0 Å². The third-order valence-electron chi connectivity index (χ3n) is 3.15. The lowest BCUT2D eigenvalue weighted by molar-refractivity contribution is 0.0508. The fourth-order valence-corrected chi connectivity index (χ4v) is 2.39. The van der Waals surface area contributed by atoms with E-state index in [1.54, 1.807) is 7.11 Å². The number of nitrogens with one attached hydrogen (secondary N) is 1. The average molecular weight is 170 g/mol. The zero-order valence-corrected chi connectivity index (χ0v) is 7.75. The van der Waals surface area contributed by atoms with Crippen LogP contribution in [0.1, 0.15) is 12.8 Å². The minimum absolute atomic E-state index is 0.687. The normalized spacial score (nSPS) is 40.2. The molecule has 0 aromatic carbocycles. The third-order valence-corrected chi connectivity index (χ3v) is 3.15. The number of ether oxygens (including phenoxy) is 1. The highest BCUT2D eigenvalue weighted by Crippen LogP contribution is 2.27. The van der Waals surface area contributed by atoms with E-state index in [0.717, 1.165) is 5.92 Å². The van der Waals surface area contributed by atoms with Crippen LogP contribution in [0.2, 0.25) is 0 Å². The van der Waals surface area contributed by atoms with Gasteiger partial charge in [-0.1, -0.05) is 0 Å². The zero-order valence-electron chi connectivity index (χ0n) is 7.75. The number of fused-ring (bicyclic) bond motifs is 3. The number of methoxy groups -OCH3 is 1. The minimum Gasteiger partial charge on any atom is -0.370 e. The van der Waals surface area contributed by atoms with Crippen molar-refractivity contribution in [3.63, 3.8) is 0 Å². The van der Waals surface area contributed by atoms with E-state index in [1.165, 1.54) is 32.5 Å². The highest BCUT2D eigenvalue weighted by Gasteiger charge is 2.33. The summed E-state index contributed by atoms with van der Waals surface area (Å²) in [6.07, 6.45) is 2.75. The molecular weight excluding hydrogens is 152 g/mol. The first kappa shape index (κ1) is 8.48. The molecule has 0 aromatic rings. The molecule has 0 amide bonds. The van der Waals surface area contributed by atoms with Crippen LogP contribution >= 0.6 is 0 Å². The molecule has 3 aliphatic heterocycles. The van der Waals surface area contributed by atoms with Crippen LogP contribution in [0.25, 0.3) is 0 Å². The molecule has 3 heterocycles. The van der Waals surface area contributed by atoms with Crippen molar-refractivity contribution < 1.29 is 4.74 Å². The van der Waals surface area contributed by atoms with Crippen molar-refractivity contribution in [1.82, 2.24) is 10.2 Å². The Morgan fingerprint density at radius 1 is 1.42 bits per heavy atom. The molecule has 0 aromatic heterocycles. The Balaban J connectivity index is 1.82. The van der Waals surface area contributed by atoms with E-state index < -0.39 is 0 Å². The topological polar surface area (TPSA) is 24.5 Å². The van der Waals surface area contributed by atoms with Crippen LogP contribution in [-0.2, 0) is 4.74 Å². The van der Waals surface area contributed by atoms with Gasteiger partial charge in [-0.05, 0) is 31.8 Å². The van der Waals surface area contributed by atoms with E-state index >= 15 is 0 Å². The lowest BCUT2D eigenvalue weighted by atomic mass is 9.84. The highest BCUT2D eigenvalue weighted by atomic mass is 16.5. The maximum atomic E-state index is 5.02. The van der Waals surface area contributed by atoms with Gasteiger partial charge in [0.15, 0.2) is 0 Å². The second-order valence-electron chi connectivity index (χ2n) is 3.88. The van der Waals surface area contributed by atoms with E-state index in [2.05, 4.69) is 10.2 Å². The molecule has 2 bridgehead atoms. The summed E-state index contributed by atoms with van der Waals surface area (Å²) >= 11 is 0. The Morgan fingerprint density at radius 2 is 2.17 bits per heavy atom. The molecule has 0 aliphatic carbocycles. The Kier molecular flexibility index (Phi) is 2.63. The largest absolute Gasteiger partial charge is 0.370 e. The fraction of sp³-hybridized carbons (Fsp3) is 1.00. The van der Waals surface area contributed by atoms with E-state index in [4.69, 9.17) is 4.74 Å². The van der Waals surface area contributed by atoms with Gasteiger partial charge in [0.25, 0.3) is 0 Å². The Hall–Kier alpha value is -0.120. The summed E-state index contributed by atoms with van der Waals surface area (Å²) in [4.78, 5) is 2.55. The quantitative estimate of drug-likeness (QED) is 0.615. The summed E-state index contributed by atoms with van der Waals surface area (Å²) in [6.45, 7) is 4.56. The Morgan fingerprint density at radius 3 is 2.67 bits per heavy atom. The van der Waals surface area contributed by atoms with E-state index in [9.17, 15) is 0 Å². The molecule has 0 saturated carbocycles. The maximum Gasteiger partial charge on any atom is 0.0964 e. The van der Waals surface area contributed by atoms with Crippen molar-refractivity contribution in [3.05, 3.63) is 0 Å². The van der Waals surface area contributed by atoms with Crippen LogP contribution in [0.15, 0.2) is 0 Å². The summed E-state index contributed by atoms with van der Waals surface area (Å²) in [6, 6.07) is 0.687. The third kappa shape index (κ3) is 1.63. The number of piperidine rings is 3. The summed E-state index contributed by atoms with van der Waals surface area (Å²) in [5, 5.41) is 3.44. The lowest BCUT2D eigenvalue weighted by Gasteiger charge is -2.45. The Labute approximate surface area is 74.1 Å². The number of hydrogen-bond acceptors (Lipinski definition) is 3. The summed E-state index contributed by atoms with van der Waals surface area (Å²) in [5.74, 6) is 0.908. The smallest absolute Gasteiger partial charge is 0.0964 e. The predicted octanol–water partition coefficient (Wildman–Crippen LogP) is 0.274. The predicted molar refractivity (Wildman–Crippen MR) is 48.0 cm³/mol. The van der Waals surface area contributed by atoms with Gasteiger partial charge in [-0.25, -0.2) is 0 Å². The molecule has 3 rings (SSSR count). The van der Waals surface area contributed by atoms with Crippen molar-refractivity contribution in [2.24, 2.45) is 5.92 Å². The summed E-state index contributed by atoms with van der Waals surface area (Å²) < 4.78 is 5.02. The summed E-state index contributed by atoms with van der Waals surface area (Å²) in [7, 11) is 1.74. The lowest BCUT2D eigenvalue weighted by Crippen LogP contribution is -2.56. The fourth-order valence-electron chi connectivity index (χ4n) is 2.39. The summed E-state index contributed by atoms with van der Waals surface area (Å²) in [5.41, 5.74) is 0. The molecule has 70 valence electrons. The maximum absolute atomic E-state index is 5.02. The highest BCUT2D eigenvalue weighted by molar-refractivity contribution is 4.90. The molecule has 3 heteroatoms. The molecular formula is C9H18N2O. The first-order valence-electron chi connectivity index (χ1n) is 4.85. The molecule has 1 N–H and O–H groups in total. The van der Waals surface area contributed by atoms with Gasteiger partial charge >= 0.3 is 0 Å². The molecule has 1 unspecified atom stereocenters. The van der Waals surface area contributed by atoms with Gasteiger partial charge in [0, 0.05) is 19.7 Å². The first-order valence-corrected chi connectivity index (χ1v) is 4.85. The molecule has 0 spiro atoms. The van der Waals surface area contributed by atoms with E-state index in [-0.39, 0.29) is 0 Å². The van der Waals surface area contributed by atoms with E-state index in [0.29, 0.717) is 12.8 Å². The number of nitrogens with zero attached hydrogens (tertiary/aromatic N) is 1. The first-order chi connectivity index (χ1) is 5.90. The number of hydrogen-bond donors (Lipinski definition) is 1. The van der Waals surface area contributed by atoms with Crippen molar-refractivity contribution in [2.45, 2.75) is 18.9 Å².